The first-order valence-electron chi connectivity index (χ1n) is 5.75. The number of aliphatic imine (C=N–C) groups is 1. The molecule has 1 heterocycles. The number of guanidine groups is 1. The van der Waals surface area contributed by atoms with E-state index in [1.165, 1.54) is 19.3 Å². The zero-order chi connectivity index (χ0) is 10.1. The molecule has 1 aliphatic heterocycles. The Balaban J connectivity index is 1.91. The van der Waals surface area contributed by atoms with Gasteiger partial charge in [-0.05, 0) is 31.1 Å². The van der Waals surface area contributed by atoms with E-state index in [-0.39, 0.29) is 0 Å². The molecule has 2 N–H and O–H groups in total. The molecular formula is C11H21N3. The first-order chi connectivity index (χ1) is 6.66. The van der Waals surface area contributed by atoms with Gasteiger partial charge in [0.05, 0.1) is 6.04 Å². The van der Waals surface area contributed by atoms with Gasteiger partial charge < -0.3 is 10.6 Å². The maximum atomic E-state index is 5.97. The van der Waals surface area contributed by atoms with Crippen LogP contribution in [0.15, 0.2) is 4.99 Å². The molecule has 14 heavy (non-hydrogen) atoms. The molecule has 2 unspecified atom stereocenters. The number of piperidine rings is 1. The molecule has 0 bridgehead atoms. The molecule has 2 atom stereocenters. The summed E-state index contributed by atoms with van der Waals surface area (Å²) in [6.45, 7) is 6.81. The normalized spacial score (nSPS) is 34.7. The molecule has 2 fully saturated rings. The molecular weight excluding hydrogens is 174 g/mol. The van der Waals surface area contributed by atoms with Crippen LogP contribution in [0.1, 0.15) is 33.1 Å². The predicted octanol–water partition coefficient (Wildman–Crippen LogP) is 1.44. The Morgan fingerprint density at radius 3 is 2.50 bits per heavy atom. The molecule has 80 valence electrons. The van der Waals surface area contributed by atoms with Gasteiger partial charge in [-0.3, -0.25) is 0 Å². The third-order valence-electron chi connectivity index (χ3n) is 3.52. The Hall–Kier alpha value is -0.730. The Morgan fingerprint density at radius 1 is 1.21 bits per heavy atom. The van der Waals surface area contributed by atoms with Gasteiger partial charge in [0, 0.05) is 13.1 Å². The largest absolute Gasteiger partial charge is 0.370 e. The second-order valence-corrected chi connectivity index (χ2v) is 4.91. The van der Waals surface area contributed by atoms with Gasteiger partial charge in [0.1, 0.15) is 0 Å². The number of hydrogen-bond donors (Lipinski definition) is 1. The van der Waals surface area contributed by atoms with Crippen molar-refractivity contribution < 1.29 is 0 Å². The van der Waals surface area contributed by atoms with E-state index < -0.39 is 0 Å². The van der Waals surface area contributed by atoms with E-state index in [9.17, 15) is 0 Å². The first kappa shape index (κ1) is 9.81. The van der Waals surface area contributed by atoms with Crippen LogP contribution >= 0.6 is 0 Å². The van der Waals surface area contributed by atoms with Crippen molar-refractivity contribution in [2.75, 3.05) is 13.1 Å². The maximum absolute atomic E-state index is 5.97. The molecule has 0 spiro atoms. The minimum Gasteiger partial charge on any atom is -0.370 e. The van der Waals surface area contributed by atoms with E-state index in [4.69, 9.17) is 5.73 Å². The Morgan fingerprint density at radius 2 is 1.93 bits per heavy atom. The highest BCUT2D eigenvalue weighted by atomic mass is 15.3. The van der Waals surface area contributed by atoms with Gasteiger partial charge in [-0.25, -0.2) is 4.99 Å². The van der Waals surface area contributed by atoms with Crippen molar-refractivity contribution in [2.45, 2.75) is 39.2 Å². The number of rotatable bonds is 1. The summed E-state index contributed by atoms with van der Waals surface area (Å²) in [6.07, 6.45) is 3.73. The second-order valence-electron chi connectivity index (χ2n) is 4.91. The fourth-order valence-electron chi connectivity index (χ4n) is 1.94. The van der Waals surface area contributed by atoms with Crippen LogP contribution in [-0.4, -0.2) is 30.0 Å². The monoisotopic (exact) mass is 195 g/mol. The van der Waals surface area contributed by atoms with E-state index >= 15 is 0 Å². The van der Waals surface area contributed by atoms with Gasteiger partial charge in [-0.1, -0.05) is 13.8 Å². The lowest BCUT2D eigenvalue weighted by Crippen LogP contribution is -2.46. The van der Waals surface area contributed by atoms with Crippen LogP contribution in [0.2, 0.25) is 0 Å². The summed E-state index contributed by atoms with van der Waals surface area (Å²) in [7, 11) is 0. The van der Waals surface area contributed by atoms with E-state index in [2.05, 4.69) is 23.7 Å². The van der Waals surface area contributed by atoms with Crippen molar-refractivity contribution in [3.8, 4) is 0 Å². The van der Waals surface area contributed by atoms with Gasteiger partial charge in [0.15, 0.2) is 5.96 Å². The zero-order valence-electron chi connectivity index (χ0n) is 9.24. The minimum absolute atomic E-state index is 0.546. The summed E-state index contributed by atoms with van der Waals surface area (Å²) in [4.78, 5) is 6.74. The fourth-order valence-corrected chi connectivity index (χ4v) is 1.94. The molecule has 2 aliphatic rings. The zero-order valence-corrected chi connectivity index (χ0v) is 9.24. The summed E-state index contributed by atoms with van der Waals surface area (Å²) in [5.74, 6) is 2.36. The van der Waals surface area contributed by atoms with Crippen molar-refractivity contribution in [2.24, 2.45) is 22.6 Å². The molecule has 3 nitrogen and oxygen atoms in total. The van der Waals surface area contributed by atoms with Crippen LogP contribution in [0, 0.1) is 11.8 Å². The number of nitrogens with zero attached hydrogens (tertiary/aromatic N) is 2. The van der Waals surface area contributed by atoms with Crippen LogP contribution in [-0.2, 0) is 0 Å². The van der Waals surface area contributed by atoms with E-state index in [0.29, 0.717) is 6.04 Å². The average molecular weight is 195 g/mol. The first-order valence-corrected chi connectivity index (χ1v) is 5.75. The van der Waals surface area contributed by atoms with Gasteiger partial charge >= 0.3 is 0 Å². The molecule has 0 radical (unpaired) electrons. The second kappa shape index (κ2) is 3.79. The predicted molar refractivity (Wildman–Crippen MR) is 59.2 cm³/mol. The van der Waals surface area contributed by atoms with Crippen LogP contribution in [0.3, 0.4) is 0 Å². The average Bonchev–Trinajstić information content (AvgIpc) is 2.93. The van der Waals surface area contributed by atoms with Crippen LogP contribution in [0.25, 0.3) is 0 Å². The standard InChI is InChI=1S/C11H21N3/c1-8-5-6-14(7-9(8)2)11(12)13-10-3-4-10/h8-10H,3-7H2,1-2H3,(H2,12,13). The Labute approximate surface area is 86.4 Å². The molecule has 1 saturated carbocycles. The van der Waals surface area contributed by atoms with Gasteiger partial charge in [-0.15, -0.1) is 0 Å². The smallest absolute Gasteiger partial charge is 0.191 e. The Kier molecular flexibility index (Phi) is 2.66. The number of nitrogens with two attached hydrogens (primary N) is 1. The Bertz CT molecular complexity index is 233. The van der Waals surface area contributed by atoms with Crippen LogP contribution in [0.5, 0.6) is 0 Å². The van der Waals surface area contributed by atoms with Crippen molar-refractivity contribution in [3.63, 3.8) is 0 Å². The summed E-state index contributed by atoms with van der Waals surface area (Å²) >= 11 is 0. The van der Waals surface area contributed by atoms with Crippen LogP contribution in [0.4, 0.5) is 0 Å². The number of likely N-dealkylation sites (tertiary alicyclic amines) is 1. The molecule has 1 aliphatic carbocycles. The molecule has 1 saturated heterocycles. The molecule has 0 aromatic heterocycles. The van der Waals surface area contributed by atoms with E-state index in [0.717, 1.165) is 30.9 Å². The molecule has 0 amide bonds. The lowest BCUT2D eigenvalue weighted by molar-refractivity contribution is 0.202. The topological polar surface area (TPSA) is 41.6 Å². The molecule has 2 rings (SSSR count). The van der Waals surface area contributed by atoms with Crippen LogP contribution < -0.4 is 5.73 Å². The fraction of sp³-hybridized carbons (Fsp3) is 0.909. The third kappa shape index (κ3) is 2.20. The number of hydrogen-bond acceptors (Lipinski definition) is 1. The highest BCUT2D eigenvalue weighted by molar-refractivity contribution is 5.78. The van der Waals surface area contributed by atoms with Crippen molar-refractivity contribution in [1.82, 2.24) is 4.90 Å². The lowest BCUT2D eigenvalue weighted by atomic mass is 9.89. The van der Waals surface area contributed by atoms with E-state index in [1.54, 1.807) is 0 Å². The highest BCUT2D eigenvalue weighted by Gasteiger charge is 2.26. The summed E-state index contributed by atoms with van der Waals surface area (Å²) in [5.41, 5.74) is 5.97. The van der Waals surface area contributed by atoms with Crippen molar-refractivity contribution >= 4 is 5.96 Å². The summed E-state index contributed by atoms with van der Waals surface area (Å²) < 4.78 is 0. The SMILES string of the molecule is CC1CCN(C(N)=NC2CC2)CC1C. The van der Waals surface area contributed by atoms with Gasteiger partial charge in [0.2, 0.25) is 0 Å². The third-order valence-corrected chi connectivity index (χ3v) is 3.52. The lowest BCUT2D eigenvalue weighted by Gasteiger charge is -2.35. The summed E-state index contributed by atoms with van der Waals surface area (Å²) in [5, 5.41) is 0. The molecule has 3 heteroatoms. The molecule has 0 aromatic rings. The van der Waals surface area contributed by atoms with Gasteiger partial charge in [-0.2, -0.15) is 0 Å². The minimum atomic E-state index is 0.546. The molecule has 0 aromatic carbocycles. The maximum Gasteiger partial charge on any atom is 0.191 e. The van der Waals surface area contributed by atoms with E-state index in [1.807, 2.05) is 0 Å². The summed E-state index contributed by atoms with van der Waals surface area (Å²) in [6, 6.07) is 0.546. The highest BCUT2D eigenvalue weighted by Crippen LogP contribution is 2.25. The van der Waals surface area contributed by atoms with Gasteiger partial charge in [0.25, 0.3) is 0 Å². The van der Waals surface area contributed by atoms with Crippen molar-refractivity contribution in [1.29, 1.82) is 0 Å². The quantitative estimate of drug-likeness (QED) is 0.508. The van der Waals surface area contributed by atoms with Crippen molar-refractivity contribution in [3.05, 3.63) is 0 Å².